The van der Waals surface area contributed by atoms with Crippen molar-refractivity contribution in [3.8, 4) is 11.5 Å². The van der Waals surface area contributed by atoms with Crippen LogP contribution in [0.25, 0.3) is 22.1 Å². The molecule has 7 heterocycles. The number of hydrogen-bond donors (Lipinski definition) is 1. The molecule has 3 aliphatic rings. The van der Waals surface area contributed by atoms with Gasteiger partial charge in [-0.3, -0.25) is 29.4 Å². The van der Waals surface area contributed by atoms with Crippen LogP contribution in [0.5, 0.6) is 11.5 Å². The molecule has 3 aliphatic heterocycles. The van der Waals surface area contributed by atoms with E-state index in [4.69, 9.17) is 25.8 Å². The molecule has 19 heteroatoms. The summed E-state index contributed by atoms with van der Waals surface area (Å²) in [4.78, 5) is 55.1. The van der Waals surface area contributed by atoms with Crippen molar-refractivity contribution in [1.29, 1.82) is 0 Å². The summed E-state index contributed by atoms with van der Waals surface area (Å²) in [6.45, 7) is 30.2. The van der Waals surface area contributed by atoms with Crippen molar-refractivity contribution in [2.75, 3.05) is 19.7 Å². The lowest BCUT2D eigenvalue weighted by molar-refractivity contribution is -0.141. The SMILES string of the molecule is CCn1nnc2c(C)c([C@H](c3ccc(C)c(CN4Cc5cnccc5OC(C)(C)C4)c3)[C@@H](C)C(=O)N3C(=O)OC[C@@H]3Cc3ccccc3)ccc21.CCn1nnc2c(C)c([C@H](c3ccc(C)c(CN4Cc5cnccc5OC(C)(C)C4)c3)[C@@H](C)C(=O)O)cc(Cl)c21. The van der Waals surface area contributed by atoms with E-state index in [0.29, 0.717) is 56.2 Å². The first-order chi connectivity index (χ1) is 43.5. The second kappa shape index (κ2) is 26.3. The summed E-state index contributed by atoms with van der Waals surface area (Å²) in [5.41, 5.74) is 15.9. The minimum atomic E-state index is -0.865. The molecule has 2 amide bonds. The maximum atomic E-state index is 14.6. The second-order valence-electron chi connectivity index (χ2n) is 26.1. The number of amides is 2. The molecular formula is C72H82ClN11O7. The topological polar surface area (TPSA) is 196 Å². The zero-order valence-corrected chi connectivity index (χ0v) is 55.0. The summed E-state index contributed by atoms with van der Waals surface area (Å²) in [5.74, 6) is -1.45. The highest BCUT2D eigenvalue weighted by molar-refractivity contribution is 6.35. The van der Waals surface area contributed by atoms with Gasteiger partial charge in [-0.2, -0.15) is 0 Å². The summed E-state index contributed by atoms with van der Waals surface area (Å²) in [6, 6.07) is 32.2. The van der Waals surface area contributed by atoms with Crippen LogP contribution < -0.4 is 9.47 Å². The van der Waals surface area contributed by atoms with Gasteiger partial charge in [-0.25, -0.2) is 19.1 Å². The normalized spacial score (nSPS) is 17.7. The van der Waals surface area contributed by atoms with Gasteiger partial charge >= 0.3 is 12.1 Å². The molecule has 0 radical (unpaired) electrons. The first-order valence-electron chi connectivity index (χ1n) is 31.5. The number of pyridine rings is 2. The monoisotopic (exact) mass is 1250 g/mol. The number of ether oxygens (including phenoxy) is 3. The van der Waals surface area contributed by atoms with Crippen molar-refractivity contribution in [2.45, 2.75) is 158 Å². The van der Waals surface area contributed by atoms with E-state index in [1.165, 1.54) is 10.5 Å². The molecule has 1 saturated heterocycles. The van der Waals surface area contributed by atoms with E-state index < -0.39 is 35.4 Å². The minimum absolute atomic E-state index is 0.172. The Morgan fingerprint density at radius 2 is 1.21 bits per heavy atom. The third kappa shape index (κ3) is 13.4. The van der Waals surface area contributed by atoms with Crippen LogP contribution in [0, 0.1) is 39.5 Å². The number of halogens is 1. The van der Waals surface area contributed by atoms with E-state index >= 15 is 0 Å². The molecule has 91 heavy (non-hydrogen) atoms. The van der Waals surface area contributed by atoms with Crippen LogP contribution in [0.3, 0.4) is 0 Å². The summed E-state index contributed by atoms with van der Waals surface area (Å²) in [6.07, 6.45) is 7.23. The zero-order chi connectivity index (χ0) is 64.6. The van der Waals surface area contributed by atoms with E-state index in [0.717, 1.165) is 108 Å². The van der Waals surface area contributed by atoms with E-state index in [-0.39, 0.29) is 30.1 Å². The Bertz CT molecular complexity index is 4180. The number of carbonyl (C=O) groups excluding carboxylic acids is 2. The Morgan fingerprint density at radius 3 is 1.77 bits per heavy atom. The summed E-state index contributed by atoms with van der Waals surface area (Å²) in [5, 5.41) is 28.3. The molecule has 18 nitrogen and oxygen atoms in total. The molecule has 0 saturated carbocycles. The van der Waals surface area contributed by atoms with Gasteiger partial charge < -0.3 is 19.3 Å². The van der Waals surface area contributed by atoms with Gasteiger partial charge in [0.2, 0.25) is 5.91 Å². The Balaban J connectivity index is 0.000000193. The quantitative estimate of drug-likeness (QED) is 0.0958. The van der Waals surface area contributed by atoms with Crippen molar-refractivity contribution in [1.82, 2.24) is 54.7 Å². The molecule has 12 rings (SSSR count). The first kappa shape index (κ1) is 64.0. The highest BCUT2D eigenvalue weighted by atomic mass is 35.5. The van der Waals surface area contributed by atoms with Crippen LogP contribution in [0.1, 0.15) is 140 Å². The lowest BCUT2D eigenvalue weighted by Crippen LogP contribution is -2.44. The maximum absolute atomic E-state index is 14.6. The largest absolute Gasteiger partial charge is 0.486 e. The maximum Gasteiger partial charge on any atom is 0.416 e. The molecule has 474 valence electrons. The van der Waals surface area contributed by atoms with Gasteiger partial charge in [0.05, 0.1) is 22.5 Å². The number of cyclic esters (lactones) is 1. The summed E-state index contributed by atoms with van der Waals surface area (Å²) in [7, 11) is 0. The third-order valence-electron chi connectivity index (χ3n) is 18.3. The van der Waals surface area contributed by atoms with Gasteiger partial charge in [-0.15, -0.1) is 10.2 Å². The molecule has 9 aromatic rings. The number of hydrogen-bond acceptors (Lipinski definition) is 14. The van der Waals surface area contributed by atoms with E-state index in [1.807, 2.05) is 105 Å². The number of carboxylic acids is 1. The zero-order valence-electron chi connectivity index (χ0n) is 54.2. The number of carboxylic acid groups (broad SMARTS) is 1. The Hall–Kier alpha value is -8.58. The lowest BCUT2D eigenvalue weighted by Gasteiger charge is -2.31. The number of aliphatic carboxylic acids is 1. The fourth-order valence-electron chi connectivity index (χ4n) is 13.7. The number of aryl methyl sites for hydroxylation is 6. The second-order valence-corrected chi connectivity index (χ2v) is 26.5. The average molecular weight is 1250 g/mol. The van der Waals surface area contributed by atoms with E-state index in [1.54, 1.807) is 24.0 Å². The van der Waals surface area contributed by atoms with Gasteiger partial charge in [0, 0.05) is 106 Å². The minimum Gasteiger partial charge on any atom is -0.486 e. The predicted molar refractivity (Wildman–Crippen MR) is 351 cm³/mol. The molecule has 5 aromatic carbocycles. The predicted octanol–water partition coefficient (Wildman–Crippen LogP) is 13.1. The molecule has 0 unspecified atom stereocenters. The van der Waals surface area contributed by atoms with Gasteiger partial charge in [0.25, 0.3) is 0 Å². The third-order valence-corrected chi connectivity index (χ3v) is 18.6. The van der Waals surface area contributed by atoms with Gasteiger partial charge in [-0.1, -0.05) is 109 Å². The van der Waals surface area contributed by atoms with Crippen molar-refractivity contribution in [2.24, 2.45) is 11.8 Å². The highest BCUT2D eigenvalue weighted by Crippen LogP contribution is 2.42. The van der Waals surface area contributed by atoms with Gasteiger partial charge in [0.15, 0.2) is 0 Å². The Morgan fingerprint density at radius 1 is 0.670 bits per heavy atom. The van der Waals surface area contributed by atoms with Crippen LogP contribution in [-0.2, 0) is 60.0 Å². The lowest BCUT2D eigenvalue weighted by atomic mass is 9.78. The van der Waals surface area contributed by atoms with Crippen LogP contribution in [0.15, 0.2) is 122 Å². The number of benzene rings is 5. The van der Waals surface area contributed by atoms with Crippen molar-refractivity contribution >= 4 is 51.6 Å². The molecule has 5 atom stereocenters. The van der Waals surface area contributed by atoms with Crippen LogP contribution >= 0.6 is 11.6 Å². The van der Waals surface area contributed by atoms with Crippen molar-refractivity contribution < 1.29 is 33.7 Å². The van der Waals surface area contributed by atoms with Crippen molar-refractivity contribution in [3.05, 3.63) is 199 Å². The fourth-order valence-corrected chi connectivity index (χ4v) is 14.0. The van der Waals surface area contributed by atoms with Gasteiger partial charge in [0.1, 0.15) is 45.9 Å². The molecule has 1 N–H and O–H groups in total. The van der Waals surface area contributed by atoms with E-state index in [2.05, 4.69) is 125 Å². The van der Waals surface area contributed by atoms with Crippen molar-refractivity contribution in [3.63, 3.8) is 0 Å². The van der Waals surface area contributed by atoms with Crippen LogP contribution in [-0.4, -0.2) is 115 Å². The number of aromatic nitrogens is 8. The molecule has 4 aromatic heterocycles. The van der Waals surface area contributed by atoms with Gasteiger partial charge in [-0.05, 0) is 161 Å². The number of nitrogens with zero attached hydrogens (tertiary/aromatic N) is 11. The van der Waals surface area contributed by atoms with Crippen LogP contribution in [0.4, 0.5) is 4.79 Å². The molecule has 1 fully saturated rings. The summed E-state index contributed by atoms with van der Waals surface area (Å²) >= 11 is 6.77. The first-order valence-corrected chi connectivity index (χ1v) is 31.9. The smallest absolute Gasteiger partial charge is 0.416 e. The number of carbonyl (C=O) groups is 3. The number of fused-ring (bicyclic) bond motifs is 4. The van der Waals surface area contributed by atoms with Crippen LogP contribution in [0.2, 0.25) is 5.02 Å². The molecule has 0 spiro atoms. The highest BCUT2D eigenvalue weighted by Gasteiger charge is 2.43. The number of rotatable bonds is 16. The molecule has 0 bridgehead atoms. The molecular weight excluding hydrogens is 1170 g/mol. The number of imide groups is 1. The molecule has 0 aliphatic carbocycles. The fraction of sp³-hybridized carbons (Fsp3) is 0.403. The Labute approximate surface area is 537 Å². The summed E-state index contributed by atoms with van der Waals surface area (Å²) < 4.78 is 21.9. The standard InChI is InChI=1S/C41H46N6O4.C31H36ClN5O3/c1-7-46-35-16-15-34(27(3)38(35)43-44-46)37(28(4)39(48)47-33(24-50-40(47)49)19-29-11-9-8-10-12-29)30-14-13-26(2)31(20-30)22-45-23-32-21-42-18-17-36(32)51-41(5,6)25-45;1-7-37-29-25(32)13-24(19(3)28(29)34-35-37)27(20(4)30(38)39)21-9-8-18(2)22(12-21)15-36-16-23-14-33-11-10-26(23)40-31(5,6)17-36/h8-18,20-21,28,33,37H,7,19,22-25H2,1-6H3;8-14,20,27H,7,15-17H2,1-6H3,(H,38,39)/t28-,33+,37+;20-,27+/m11/s1. The average Bonchev–Trinajstić information content (AvgIpc) is 1.86. The Kier molecular flexibility index (Phi) is 18.5. The van der Waals surface area contributed by atoms with E-state index in [9.17, 15) is 19.5 Å².